The SMILES string of the molecule is C=CCCC(=O)OCC(CSCc1ccccc1)NC(=O)C(CC=C)CC(=O)NC1(CO)CCCC1. The summed E-state index contributed by atoms with van der Waals surface area (Å²) in [5.41, 5.74) is 0.587. The van der Waals surface area contributed by atoms with E-state index in [4.69, 9.17) is 4.74 Å². The maximum atomic E-state index is 13.2. The minimum atomic E-state index is -0.599. The van der Waals surface area contributed by atoms with Crippen LogP contribution in [0.15, 0.2) is 55.6 Å². The molecule has 0 spiro atoms. The quantitative estimate of drug-likeness (QED) is 0.214. The van der Waals surface area contributed by atoms with Crippen molar-refractivity contribution in [3.05, 3.63) is 61.2 Å². The zero-order valence-electron chi connectivity index (χ0n) is 21.1. The third-order valence-corrected chi connectivity index (χ3v) is 7.47. The van der Waals surface area contributed by atoms with Crippen LogP contribution in [0, 0.1) is 5.92 Å². The van der Waals surface area contributed by atoms with Crippen molar-refractivity contribution in [2.45, 2.75) is 68.7 Å². The van der Waals surface area contributed by atoms with Gasteiger partial charge in [0.1, 0.15) is 6.61 Å². The van der Waals surface area contributed by atoms with Crippen LogP contribution in [0.2, 0.25) is 0 Å². The van der Waals surface area contributed by atoms with Gasteiger partial charge in [0, 0.05) is 24.3 Å². The number of amides is 2. The van der Waals surface area contributed by atoms with Crippen molar-refractivity contribution in [1.82, 2.24) is 10.6 Å². The summed E-state index contributed by atoms with van der Waals surface area (Å²) in [5.74, 6) is -0.149. The molecule has 2 unspecified atom stereocenters. The van der Waals surface area contributed by atoms with Gasteiger partial charge in [0.05, 0.1) is 24.1 Å². The fraction of sp³-hybridized carbons (Fsp3) is 0.536. The normalized spacial score (nSPS) is 15.9. The van der Waals surface area contributed by atoms with E-state index in [0.717, 1.165) is 31.4 Å². The molecule has 1 fully saturated rings. The van der Waals surface area contributed by atoms with Crippen molar-refractivity contribution in [2.24, 2.45) is 5.92 Å². The standard InChI is InChI=1S/C28H40N2O5S/c1-3-5-14-26(33)35-18-24(20-36-19-22-12-7-6-8-13-22)29-27(34)23(11-4-2)17-25(32)30-28(21-31)15-9-10-16-28/h3-4,6-8,12-13,23-24,31H,1-2,5,9-11,14-21H2,(H,29,34)(H,30,32). The second kappa shape index (κ2) is 16.2. The molecule has 2 atom stereocenters. The summed E-state index contributed by atoms with van der Waals surface area (Å²) in [5, 5.41) is 15.7. The highest BCUT2D eigenvalue weighted by Gasteiger charge is 2.35. The first-order valence-electron chi connectivity index (χ1n) is 12.6. The smallest absolute Gasteiger partial charge is 0.306 e. The van der Waals surface area contributed by atoms with Gasteiger partial charge in [0.2, 0.25) is 11.8 Å². The molecule has 0 saturated heterocycles. The number of hydrogen-bond acceptors (Lipinski definition) is 6. The number of benzene rings is 1. The molecule has 1 saturated carbocycles. The first-order valence-corrected chi connectivity index (χ1v) is 13.8. The Kier molecular flexibility index (Phi) is 13.4. The summed E-state index contributed by atoms with van der Waals surface area (Å²) in [6, 6.07) is 9.61. The van der Waals surface area contributed by atoms with Crippen molar-refractivity contribution in [1.29, 1.82) is 0 Å². The molecule has 198 valence electrons. The number of carbonyl (C=O) groups excluding carboxylic acids is 3. The van der Waals surface area contributed by atoms with Crippen LogP contribution >= 0.6 is 11.8 Å². The van der Waals surface area contributed by atoms with Gasteiger partial charge in [-0.2, -0.15) is 11.8 Å². The Morgan fingerprint density at radius 1 is 1.14 bits per heavy atom. The summed E-state index contributed by atoms with van der Waals surface area (Å²) in [6.45, 7) is 7.31. The molecule has 3 N–H and O–H groups in total. The van der Waals surface area contributed by atoms with E-state index in [1.54, 1.807) is 23.9 Å². The van der Waals surface area contributed by atoms with E-state index in [9.17, 15) is 19.5 Å². The highest BCUT2D eigenvalue weighted by atomic mass is 32.2. The highest BCUT2D eigenvalue weighted by Crippen LogP contribution is 2.29. The van der Waals surface area contributed by atoms with Gasteiger partial charge >= 0.3 is 5.97 Å². The molecule has 0 radical (unpaired) electrons. The number of allylic oxidation sites excluding steroid dienone is 2. The first-order chi connectivity index (χ1) is 17.4. The molecule has 36 heavy (non-hydrogen) atoms. The number of nitrogens with one attached hydrogen (secondary N) is 2. The van der Waals surface area contributed by atoms with Gasteiger partial charge in [0.25, 0.3) is 0 Å². The van der Waals surface area contributed by atoms with Crippen LogP contribution < -0.4 is 10.6 Å². The van der Waals surface area contributed by atoms with E-state index >= 15 is 0 Å². The van der Waals surface area contributed by atoms with Crippen LogP contribution in [0.3, 0.4) is 0 Å². The lowest BCUT2D eigenvalue weighted by atomic mass is 9.95. The summed E-state index contributed by atoms with van der Waals surface area (Å²) < 4.78 is 5.41. The van der Waals surface area contributed by atoms with Crippen molar-refractivity contribution in [3.63, 3.8) is 0 Å². The minimum Gasteiger partial charge on any atom is -0.463 e. The number of thioether (sulfide) groups is 1. The lowest BCUT2D eigenvalue weighted by Crippen LogP contribution is -2.50. The van der Waals surface area contributed by atoms with E-state index in [1.807, 2.05) is 30.3 Å². The van der Waals surface area contributed by atoms with Gasteiger partial charge in [-0.3, -0.25) is 14.4 Å². The first kappa shape index (κ1) is 29.6. The molecule has 0 aliphatic heterocycles. The third kappa shape index (κ3) is 10.6. The third-order valence-electron chi connectivity index (χ3n) is 6.30. The summed E-state index contributed by atoms with van der Waals surface area (Å²) in [4.78, 5) is 37.9. The Morgan fingerprint density at radius 2 is 1.86 bits per heavy atom. The Balaban J connectivity index is 1.97. The van der Waals surface area contributed by atoms with Crippen molar-refractivity contribution in [3.8, 4) is 0 Å². The molecular weight excluding hydrogens is 476 g/mol. The molecule has 0 heterocycles. The van der Waals surface area contributed by atoms with E-state index in [1.165, 1.54) is 5.56 Å². The number of aliphatic hydroxyl groups excluding tert-OH is 1. The average Bonchev–Trinajstić information content (AvgIpc) is 3.34. The second-order valence-corrected chi connectivity index (χ2v) is 10.4. The van der Waals surface area contributed by atoms with E-state index in [-0.39, 0.29) is 43.8 Å². The van der Waals surface area contributed by atoms with Gasteiger partial charge < -0.3 is 20.5 Å². The number of hydrogen-bond donors (Lipinski definition) is 3. The van der Waals surface area contributed by atoms with Crippen molar-refractivity contribution >= 4 is 29.5 Å². The maximum absolute atomic E-state index is 13.2. The van der Waals surface area contributed by atoms with Crippen LogP contribution in [0.25, 0.3) is 0 Å². The average molecular weight is 517 g/mol. The molecule has 1 aliphatic rings. The number of ether oxygens (including phenoxy) is 1. The summed E-state index contributed by atoms with van der Waals surface area (Å²) >= 11 is 1.64. The van der Waals surface area contributed by atoms with Gasteiger partial charge in [-0.15, -0.1) is 13.2 Å². The van der Waals surface area contributed by atoms with E-state index < -0.39 is 17.5 Å². The number of carbonyl (C=O) groups is 3. The zero-order chi connectivity index (χ0) is 26.2. The molecule has 2 amide bonds. The van der Waals surface area contributed by atoms with E-state index in [2.05, 4.69) is 23.8 Å². The maximum Gasteiger partial charge on any atom is 0.306 e. The van der Waals surface area contributed by atoms with Crippen molar-refractivity contribution < 1.29 is 24.2 Å². The fourth-order valence-electron chi connectivity index (χ4n) is 4.26. The molecule has 0 aromatic heterocycles. The number of aliphatic hydroxyl groups is 1. The molecular formula is C28H40N2O5S. The predicted octanol–water partition coefficient (Wildman–Crippen LogP) is 3.92. The molecule has 7 nitrogen and oxygen atoms in total. The fourth-order valence-corrected chi connectivity index (χ4v) is 5.27. The Labute approximate surface area is 219 Å². The van der Waals surface area contributed by atoms with Crippen molar-refractivity contribution in [2.75, 3.05) is 19.0 Å². The highest BCUT2D eigenvalue weighted by molar-refractivity contribution is 7.98. The molecule has 1 aliphatic carbocycles. The number of rotatable bonds is 17. The Hall–Kier alpha value is -2.58. The molecule has 1 aromatic carbocycles. The van der Waals surface area contributed by atoms with Crippen LogP contribution in [0.4, 0.5) is 0 Å². The Morgan fingerprint density at radius 3 is 2.50 bits per heavy atom. The number of esters is 1. The monoisotopic (exact) mass is 516 g/mol. The van der Waals surface area contributed by atoms with E-state index in [0.29, 0.717) is 18.6 Å². The van der Waals surface area contributed by atoms with Gasteiger partial charge in [-0.1, -0.05) is 55.3 Å². The van der Waals surface area contributed by atoms with Gasteiger partial charge in [0.15, 0.2) is 0 Å². The van der Waals surface area contributed by atoms with Crippen LogP contribution in [-0.2, 0) is 24.9 Å². The molecule has 8 heteroatoms. The molecule has 1 aromatic rings. The summed E-state index contributed by atoms with van der Waals surface area (Å²) in [6.07, 6.45) is 7.82. The second-order valence-electron chi connectivity index (χ2n) is 9.34. The summed E-state index contributed by atoms with van der Waals surface area (Å²) in [7, 11) is 0. The topological polar surface area (TPSA) is 105 Å². The molecule has 0 bridgehead atoms. The predicted molar refractivity (Wildman–Crippen MR) is 144 cm³/mol. The minimum absolute atomic E-state index is 0.00258. The van der Waals surface area contributed by atoms with Gasteiger partial charge in [-0.05, 0) is 31.2 Å². The lowest BCUT2D eigenvalue weighted by molar-refractivity contribution is -0.145. The zero-order valence-corrected chi connectivity index (χ0v) is 21.9. The van der Waals surface area contributed by atoms with Crippen LogP contribution in [0.1, 0.15) is 56.9 Å². The van der Waals surface area contributed by atoms with Crippen LogP contribution in [-0.4, -0.2) is 53.4 Å². The molecule has 2 rings (SSSR count). The largest absolute Gasteiger partial charge is 0.463 e. The Bertz CT molecular complexity index is 855. The van der Waals surface area contributed by atoms with Gasteiger partial charge in [-0.25, -0.2) is 0 Å². The van der Waals surface area contributed by atoms with Crippen LogP contribution in [0.5, 0.6) is 0 Å². The lowest BCUT2D eigenvalue weighted by Gasteiger charge is -2.29.